The fourth-order valence-corrected chi connectivity index (χ4v) is 1.84. The van der Waals surface area contributed by atoms with Gasteiger partial charge in [0, 0.05) is 32.7 Å². The lowest BCUT2D eigenvalue weighted by Crippen LogP contribution is -2.45. The molecule has 80 valence electrons. The number of piperazine rings is 1. The van der Waals surface area contributed by atoms with E-state index in [-0.39, 0.29) is 0 Å². The molecule has 0 radical (unpaired) electrons. The molecule has 3 nitrogen and oxygen atoms in total. The van der Waals surface area contributed by atoms with Crippen LogP contribution in [0.25, 0.3) is 0 Å². The van der Waals surface area contributed by atoms with Crippen LogP contribution in [-0.2, 0) is 11.3 Å². The lowest BCUT2D eigenvalue weighted by molar-refractivity contribution is -0.119. The number of nitrogens with zero attached hydrogens (tertiary/aromatic N) is 2. The van der Waals surface area contributed by atoms with Crippen molar-refractivity contribution >= 4 is 6.39 Å². The van der Waals surface area contributed by atoms with Crippen molar-refractivity contribution in [2.24, 2.45) is 0 Å². The monoisotopic (exact) mass is 205 g/mol. The molecule has 0 atom stereocenters. The predicted molar refractivity (Wildman–Crippen MR) is 59.4 cm³/mol. The predicted octanol–water partition coefficient (Wildman–Crippen LogP) is 0.961. The lowest BCUT2D eigenvalue weighted by atomic mass is 10.2. The summed E-state index contributed by atoms with van der Waals surface area (Å²) in [6.07, 6.45) is -0.556. The Bertz CT molecular complexity index is 347. The highest BCUT2D eigenvalue weighted by atomic mass is 16.1. The minimum atomic E-state index is -0.556. The van der Waals surface area contributed by atoms with E-state index in [2.05, 4.69) is 17.0 Å². The van der Waals surface area contributed by atoms with Crippen LogP contribution in [0.1, 0.15) is 6.93 Å². The summed E-state index contributed by atoms with van der Waals surface area (Å²) < 4.78 is 7.03. The van der Waals surface area contributed by atoms with E-state index in [4.69, 9.17) is 1.37 Å². The molecule has 1 heterocycles. The number of hydrogen-bond donors (Lipinski definition) is 0. The maximum absolute atomic E-state index is 10.8. The fraction of sp³-hybridized carbons (Fsp3) is 0.417. The molecule has 0 saturated carbocycles. The molecule has 2 rings (SSSR count). The molecule has 1 aliphatic rings. The summed E-state index contributed by atoms with van der Waals surface area (Å²) in [5.74, 6) is 0. The van der Waals surface area contributed by atoms with Gasteiger partial charge in [0.15, 0.2) is 0 Å². The zero-order chi connectivity index (χ0) is 11.4. The molecule has 1 aromatic carbocycles. The van der Waals surface area contributed by atoms with E-state index < -0.39 is 6.39 Å². The number of benzene rings is 1. The van der Waals surface area contributed by atoms with Gasteiger partial charge in [-0.15, -0.1) is 0 Å². The molecule has 0 N–H and O–H groups in total. The van der Waals surface area contributed by atoms with Crippen LogP contribution >= 0.6 is 0 Å². The van der Waals surface area contributed by atoms with E-state index in [0.29, 0.717) is 13.1 Å². The first-order valence-corrected chi connectivity index (χ1v) is 5.27. The molecule has 0 aromatic heterocycles. The van der Waals surface area contributed by atoms with E-state index in [1.807, 2.05) is 18.2 Å². The van der Waals surface area contributed by atoms with E-state index >= 15 is 0 Å². The Morgan fingerprint density at radius 1 is 1.20 bits per heavy atom. The van der Waals surface area contributed by atoms with Crippen LogP contribution in [0.15, 0.2) is 30.3 Å². The molecule has 0 bridgehead atoms. The van der Waals surface area contributed by atoms with Crippen molar-refractivity contribution in [3.05, 3.63) is 35.9 Å². The normalized spacial score (nSPS) is 18.7. The summed E-state index contributed by atoms with van der Waals surface area (Å²) in [7, 11) is 0. The standard InChI is InChI=1S/C12H16N2O/c15-11-14-8-6-13(7-9-14)10-12-4-2-1-3-5-12/h1-5,11H,6-10H2/i11D. The summed E-state index contributed by atoms with van der Waals surface area (Å²) in [6, 6.07) is 10.3. The van der Waals surface area contributed by atoms with Crippen molar-refractivity contribution in [1.29, 1.82) is 0 Å². The number of amides is 1. The molecule has 1 fully saturated rings. The summed E-state index contributed by atoms with van der Waals surface area (Å²) in [5, 5.41) is 0. The van der Waals surface area contributed by atoms with Crippen molar-refractivity contribution in [1.82, 2.24) is 9.80 Å². The minimum absolute atomic E-state index is 0.556. The van der Waals surface area contributed by atoms with E-state index in [1.54, 1.807) is 4.90 Å². The van der Waals surface area contributed by atoms with Crippen molar-refractivity contribution < 1.29 is 6.17 Å². The maximum atomic E-state index is 10.8. The molecule has 1 saturated heterocycles. The smallest absolute Gasteiger partial charge is 0.209 e. The molecule has 0 unspecified atom stereocenters. The van der Waals surface area contributed by atoms with Gasteiger partial charge < -0.3 is 4.90 Å². The molecule has 0 spiro atoms. The van der Waals surface area contributed by atoms with Crippen LogP contribution in [-0.4, -0.2) is 42.4 Å². The molecule has 1 amide bonds. The third-order valence-corrected chi connectivity index (χ3v) is 2.75. The highest BCUT2D eigenvalue weighted by Gasteiger charge is 2.14. The second-order valence-corrected chi connectivity index (χ2v) is 3.84. The summed E-state index contributed by atoms with van der Waals surface area (Å²) in [5.41, 5.74) is 1.30. The van der Waals surface area contributed by atoms with Gasteiger partial charge in [-0.05, 0) is 5.56 Å². The van der Waals surface area contributed by atoms with Crippen LogP contribution in [0, 0.1) is 0 Å². The third kappa shape index (κ3) is 2.80. The molecule has 1 aromatic rings. The zero-order valence-corrected chi connectivity index (χ0v) is 8.72. The number of rotatable bonds is 2. The van der Waals surface area contributed by atoms with Crippen LogP contribution in [0.4, 0.5) is 0 Å². The second kappa shape index (κ2) is 4.94. The first kappa shape index (κ1) is 8.92. The Morgan fingerprint density at radius 2 is 1.87 bits per heavy atom. The zero-order valence-electron chi connectivity index (χ0n) is 9.72. The van der Waals surface area contributed by atoms with Crippen molar-refractivity contribution in [3.63, 3.8) is 0 Å². The minimum Gasteiger partial charge on any atom is -0.343 e. The molecule has 1 aliphatic heterocycles. The lowest BCUT2D eigenvalue weighted by Gasteiger charge is -2.32. The summed E-state index contributed by atoms with van der Waals surface area (Å²) >= 11 is 0. The maximum Gasteiger partial charge on any atom is 0.209 e. The molecular formula is C12H16N2O. The number of carbonyl (C=O) groups excluding carboxylic acids is 1. The highest BCUT2D eigenvalue weighted by Crippen LogP contribution is 2.07. The molecular weight excluding hydrogens is 188 g/mol. The average Bonchev–Trinajstić information content (AvgIpc) is 2.31. The molecule has 15 heavy (non-hydrogen) atoms. The second-order valence-electron chi connectivity index (χ2n) is 3.84. The van der Waals surface area contributed by atoms with Gasteiger partial charge in [0.25, 0.3) is 0 Å². The van der Waals surface area contributed by atoms with Gasteiger partial charge in [-0.1, -0.05) is 30.3 Å². The van der Waals surface area contributed by atoms with Crippen LogP contribution in [0.3, 0.4) is 0 Å². The van der Waals surface area contributed by atoms with Crippen LogP contribution in [0.5, 0.6) is 0 Å². The SMILES string of the molecule is [2H]C(=O)N1CCN(Cc2ccccc2)CC1. The van der Waals surface area contributed by atoms with Gasteiger partial charge in [-0.2, -0.15) is 0 Å². The van der Waals surface area contributed by atoms with E-state index in [1.165, 1.54) is 5.56 Å². The van der Waals surface area contributed by atoms with Crippen LogP contribution in [0.2, 0.25) is 0 Å². The Labute approximate surface area is 91.7 Å². The Hall–Kier alpha value is -1.35. The van der Waals surface area contributed by atoms with Gasteiger partial charge >= 0.3 is 0 Å². The van der Waals surface area contributed by atoms with Crippen molar-refractivity contribution in [3.8, 4) is 0 Å². The summed E-state index contributed by atoms with van der Waals surface area (Å²) in [6.45, 7) is 4.00. The van der Waals surface area contributed by atoms with Gasteiger partial charge in [-0.25, -0.2) is 0 Å². The number of carbonyl (C=O) groups is 1. The van der Waals surface area contributed by atoms with Crippen molar-refractivity contribution in [2.45, 2.75) is 6.54 Å². The van der Waals surface area contributed by atoms with Gasteiger partial charge in [0.1, 0.15) is 1.37 Å². The Morgan fingerprint density at radius 3 is 2.47 bits per heavy atom. The topological polar surface area (TPSA) is 23.6 Å². The molecule has 0 aliphatic carbocycles. The first-order chi connectivity index (χ1) is 7.75. The van der Waals surface area contributed by atoms with Crippen LogP contribution < -0.4 is 0 Å². The Kier molecular flexibility index (Phi) is 2.93. The average molecular weight is 205 g/mol. The van der Waals surface area contributed by atoms with E-state index in [9.17, 15) is 4.79 Å². The van der Waals surface area contributed by atoms with Crippen molar-refractivity contribution in [2.75, 3.05) is 26.2 Å². The summed E-state index contributed by atoms with van der Waals surface area (Å²) in [4.78, 5) is 14.7. The van der Waals surface area contributed by atoms with E-state index in [0.717, 1.165) is 19.6 Å². The van der Waals surface area contributed by atoms with Gasteiger partial charge in [0.2, 0.25) is 6.39 Å². The fourth-order valence-electron chi connectivity index (χ4n) is 1.84. The third-order valence-electron chi connectivity index (χ3n) is 2.75. The largest absolute Gasteiger partial charge is 0.343 e. The van der Waals surface area contributed by atoms with Gasteiger partial charge in [0.05, 0.1) is 0 Å². The van der Waals surface area contributed by atoms with Gasteiger partial charge in [-0.3, -0.25) is 9.69 Å². The first-order valence-electron chi connectivity index (χ1n) is 5.77. The quantitative estimate of drug-likeness (QED) is 0.671. The highest BCUT2D eigenvalue weighted by molar-refractivity contribution is 5.47. The molecule has 3 heteroatoms. The Balaban J connectivity index is 1.84. The number of hydrogen-bond acceptors (Lipinski definition) is 2.